The first kappa shape index (κ1) is 14.2. The van der Waals surface area contributed by atoms with Crippen LogP contribution >= 0.6 is 0 Å². The van der Waals surface area contributed by atoms with Crippen molar-refractivity contribution in [2.24, 2.45) is 5.73 Å². The van der Waals surface area contributed by atoms with Crippen LogP contribution in [0, 0.1) is 0 Å². The highest BCUT2D eigenvalue weighted by atomic mass is 16.1. The number of carbonyl (C=O) groups excluding carboxylic acids is 1. The second-order valence-electron chi connectivity index (χ2n) is 4.55. The van der Waals surface area contributed by atoms with Gasteiger partial charge >= 0.3 is 0 Å². The Bertz CT molecular complexity index is 561. The minimum atomic E-state index is -0.205. The summed E-state index contributed by atoms with van der Waals surface area (Å²) >= 11 is 0. The predicted molar refractivity (Wildman–Crippen MR) is 76.3 cm³/mol. The molecular formula is C14H19N5O. The molecule has 106 valence electrons. The number of hydrogen-bond donors (Lipinski definition) is 2. The third-order valence-corrected chi connectivity index (χ3v) is 2.93. The van der Waals surface area contributed by atoms with Crippen LogP contribution in [0.3, 0.4) is 0 Å². The SMILES string of the molecule is CCCc1ccc(-n2cc(CNC(=O)CN)nn2)cc1. The molecule has 0 spiro atoms. The molecule has 0 radical (unpaired) electrons. The van der Waals surface area contributed by atoms with Crippen molar-refractivity contribution in [3.63, 3.8) is 0 Å². The topological polar surface area (TPSA) is 85.8 Å². The molecule has 20 heavy (non-hydrogen) atoms. The highest BCUT2D eigenvalue weighted by Gasteiger charge is 2.04. The van der Waals surface area contributed by atoms with Crippen molar-refractivity contribution in [3.8, 4) is 5.69 Å². The molecule has 3 N–H and O–H groups in total. The molecule has 0 aliphatic heterocycles. The standard InChI is InChI=1S/C14H19N5O/c1-2-3-11-4-6-13(7-5-11)19-10-12(17-18-19)9-16-14(20)8-15/h4-7,10H,2-3,8-9,15H2,1H3,(H,16,20). The molecule has 0 bridgehead atoms. The molecule has 0 unspecified atom stereocenters. The lowest BCUT2D eigenvalue weighted by Gasteiger charge is -2.02. The van der Waals surface area contributed by atoms with Crippen molar-refractivity contribution < 1.29 is 4.79 Å². The van der Waals surface area contributed by atoms with Crippen LogP contribution in [0.2, 0.25) is 0 Å². The van der Waals surface area contributed by atoms with Crippen molar-refractivity contribution in [3.05, 3.63) is 41.7 Å². The Morgan fingerprint density at radius 3 is 2.75 bits per heavy atom. The Hall–Kier alpha value is -2.21. The van der Waals surface area contributed by atoms with E-state index >= 15 is 0 Å². The zero-order valence-corrected chi connectivity index (χ0v) is 11.5. The van der Waals surface area contributed by atoms with Crippen molar-refractivity contribution in [2.45, 2.75) is 26.3 Å². The van der Waals surface area contributed by atoms with Gasteiger partial charge in [-0.05, 0) is 24.1 Å². The molecule has 0 saturated carbocycles. The van der Waals surface area contributed by atoms with E-state index in [0.717, 1.165) is 18.5 Å². The van der Waals surface area contributed by atoms with Gasteiger partial charge in [0.2, 0.25) is 5.91 Å². The van der Waals surface area contributed by atoms with Gasteiger partial charge in [0.25, 0.3) is 0 Å². The van der Waals surface area contributed by atoms with Gasteiger partial charge in [0, 0.05) is 0 Å². The predicted octanol–water partition coefficient (Wildman–Crippen LogP) is 0.795. The largest absolute Gasteiger partial charge is 0.349 e. The van der Waals surface area contributed by atoms with E-state index in [0.29, 0.717) is 12.2 Å². The van der Waals surface area contributed by atoms with Gasteiger partial charge in [-0.3, -0.25) is 4.79 Å². The highest BCUT2D eigenvalue weighted by molar-refractivity contribution is 5.77. The third-order valence-electron chi connectivity index (χ3n) is 2.93. The molecule has 1 heterocycles. The minimum Gasteiger partial charge on any atom is -0.349 e. The number of benzene rings is 1. The summed E-state index contributed by atoms with van der Waals surface area (Å²) in [6.45, 7) is 2.48. The molecule has 0 atom stereocenters. The third kappa shape index (κ3) is 3.64. The molecule has 1 amide bonds. The maximum atomic E-state index is 11.1. The van der Waals surface area contributed by atoms with E-state index in [1.54, 1.807) is 10.9 Å². The number of nitrogens with two attached hydrogens (primary N) is 1. The molecule has 1 aromatic heterocycles. The van der Waals surface area contributed by atoms with Crippen LogP contribution in [0.1, 0.15) is 24.6 Å². The van der Waals surface area contributed by atoms with Crippen molar-refractivity contribution in [1.82, 2.24) is 20.3 Å². The summed E-state index contributed by atoms with van der Waals surface area (Å²) in [5.41, 5.74) is 8.18. The summed E-state index contributed by atoms with van der Waals surface area (Å²) in [5, 5.41) is 10.7. The van der Waals surface area contributed by atoms with Gasteiger partial charge in [-0.15, -0.1) is 5.10 Å². The van der Waals surface area contributed by atoms with E-state index in [9.17, 15) is 4.79 Å². The Morgan fingerprint density at radius 1 is 1.35 bits per heavy atom. The summed E-state index contributed by atoms with van der Waals surface area (Å²) in [6, 6.07) is 8.22. The molecule has 0 aliphatic carbocycles. The second-order valence-corrected chi connectivity index (χ2v) is 4.55. The Balaban J connectivity index is 2.02. The van der Waals surface area contributed by atoms with Gasteiger partial charge < -0.3 is 11.1 Å². The second kappa shape index (κ2) is 6.81. The number of aromatic nitrogens is 3. The van der Waals surface area contributed by atoms with Crippen LogP contribution in [0.4, 0.5) is 0 Å². The average Bonchev–Trinajstić information content (AvgIpc) is 2.95. The van der Waals surface area contributed by atoms with Crippen LogP contribution in [0.5, 0.6) is 0 Å². The van der Waals surface area contributed by atoms with E-state index < -0.39 is 0 Å². The van der Waals surface area contributed by atoms with Crippen LogP contribution in [0.15, 0.2) is 30.5 Å². The average molecular weight is 273 g/mol. The quantitative estimate of drug-likeness (QED) is 0.815. The number of amides is 1. The van der Waals surface area contributed by atoms with E-state index in [1.807, 2.05) is 12.1 Å². The van der Waals surface area contributed by atoms with E-state index in [-0.39, 0.29) is 12.5 Å². The lowest BCUT2D eigenvalue weighted by Crippen LogP contribution is -2.29. The molecule has 6 heteroatoms. The summed E-state index contributed by atoms with van der Waals surface area (Å²) in [4.78, 5) is 11.1. The molecule has 2 rings (SSSR count). The van der Waals surface area contributed by atoms with Gasteiger partial charge in [-0.25, -0.2) is 4.68 Å². The Kier molecular flexibility index (Phi) is 4.84. The van der Waals surface area contributed by atoms with Crippen LogP contribution < -0.4 is 11.1 Å². The monoisotopic (exact) mass is 273 g/mol. The molecule has 0 fully saturated rings. The van der Waals surface area contributed by atoms with E-state index in [1.165, 1.54) is 5.56 Å². The number of aryl methyl sites for hydroxylation is 1. The van der Waals surface area contributed by atoms with Gasteiger partial charge in [0.1, 0.15) is 5.69 Å². The van der Waals surface area contributed by atoms with Crippen LogP contribution in [0.25, 0.3) is 5.69 Å². The van der Waals surface area contributed by atoms with Gasteiger partial charge in [0.15, 0.2) is 0 Å². The summed E-state index contributed by atoms with van der Waals surface area (Å²) < 4.78 is 1.69. The number of carbonyl (C=O) groups is 1. The lowest BCUT2D eigenvalue weighted by molar-refractivity contribution is -0.119. The first-order valence-corrected chi connectivity index (χ1v) is 6.70. The maximum Gasteiger partial charge on any atom is 0.234 e. The van der Waals surface area contributed by atoms with Crippen molar-refractivity contribution in [1.29, 1.82) is 0 Å². The number of nitrogens with zero attached hydrogens (tertiary/aromatic N) is 3. The first-order valence-electron chi connectivity index (χ1n) is 6.70. The lowest BCUT2D eigenvalue weighted by atomic mass is 10.1. The fourth-order valence-corrected chi connectivity index (χ4v) is 1.87. The fraction of sp³-hybridized carbons (Fsp3) is 0.357. The molecule has 1 aromatic carbocycles. The number of hydrogen-bond acceptors (Lipinski definition) is 4. The van der Waals surface area contributed by atoms with Crippen molar-refractivity contribution in [2.75, 3.05) is 6.54 Å². The smallest absolute Gasteiger partial charge is 0.234 e. The Labute approximate surface area is 118 Å². The van der Waals surface area contributed by atoms with Crippen LogP contribution in [-0.4, -0.2) is 27.4 Å². The van der Waals surface area contributed by atoms with Crippen LogP contribution in [-0.2, 0) is 17.8 Å². The van der Waals surface area contributed by atoms with E-state index in [2.05, 4.69) is 34.7 Å². The molecule has 2 aromatic rings. The maximum absolute atomic E-state index is 11.1. The van der Waals surface area contributed by atoms with Gasteiger partial charge in [0.05, 0.1) is 25.0 Å². The summed E-state index contributed by atoms with van der Waals surface area (Å²) in [7, 11) is 0. The minimum absolute atomic E-state index is 0.0208. The number of nitrogens with one attached hydrogen (secondary N) is 1. The first-order chi connectivity index (χ1) is 9.72. The molecule has 0 aliphatic rings. The van der Waals surface area contributed by atoms with E-state index in [4.69, 9.17) is 5.73 Å². The zero-order chi connectivity index (χ0) is 14.4. The van der Waals surface area contributed by atoms with Crippen molar-refractivity contribution >= 4 is 5.91 Å². The Morgan fingerprint density at radius 2 is 2.10 bits per heavy atom. The van der Waals surface area contributed by atoms with Gasteiger partial charge in [-0.2, -0.15) is 0 Å². The van der Waals surface area contributed by atoms with Gasteiger partial charge in [-0.1, -0.05) is 30.7 Å². The molecular weight excluding hydrogens is 254 g/mol. The highest BCUT2D eigenvalue weighted by Crippen LogP contribution is 2.10. The number of rotatable bonds is 6. The molecule has 6 nitrogen and oxygen atoms in total. The zero-order valence-electron chi connectivity index (χ0n) is 11.5. The normalized spacial score (nSPS) is 10.5. The fourth-order valence-electron chi connectivity index (χ4n) is 1.87. The molecule has 0 saturated heterocycles. The summed E-state index contributed by atoms with van der Waals surface area (Å²) in [6.07, 6.45) is 4.01. The summed E-state index contributed by atoms with van der Waals surface area (Å²) in [5.74, 6) is -0.205.